The standard InChI is InChI=1S/C22H20FNO4S2/c1-2-26-19(25)10-18-13-30-22(24-18)29-12-16-9-17(23)8-15-11-27-21(28-20(15)16)14-6-4-3-5-7-14/h3-9,13,21H,2,10-12H2,1H3/t21-/m0/s1. The van der Waals surface area contributed by atoms with Gasteiger partial charge in [-0.25, -0.2) is 9.37 Å². The van der Waals surface area contributed by atoms with Gasteiger partial charge in [0.2, 0.25) is 6.29 Å². The number of hydrogen-bond donors (Lipinski definition) is 0. The lowest BCUT2D eigenvalue weighted by atomic mass is 10.1. The Kier molecular flexibility index (Phi) is 6.66. The van der Waals surface area contributed by atoms with Gasteiger partial charge in [0.05, 0.1) is 25.3 Å². The Morgan fingerprint density at radius 2 is 2.17 bits per heavy atom. The second-order valence-electron chi connectivity index (χ2n) is 6.60. The molecule has 30 heavy (non-hydrogen) atoms. The zero-order chi connectivity index (χ0) is 20.9. The number of nitrogens with zero attached hydrogens (tertiary/aromatic N) is 1. The largest absolute Gasteiger partial charge is 0.466 e. The molecule has 1 aromatic heterocycles. The van der Waals surface area contributed by atoms with Crippen LogP contribution in [0.3, 0.4) is 0 Å². The zero-order valence-corrected chi connectivity index (χ0v) is 17.9. The van der Waals surface area contributed by atoms with Gasteiger partial charge >= 0.3 is 5.97 Å². The molecule has 2 aromatic carbocycles. The lowest BCUT2D eigenvalue weighted by Gasteiger charge is -2.28. The summed E-state index contributed by atoms with van der Waals surface area (Å²) in [5, 5.41) is 1.84. The van der Waals surface area contributed by atoms with Gasteiger partial charge in [-0.05, 0) is 19.1 Å². The second kappa shape index (κ2) is 9.59. The van der Waals surface area contributed by atoms with Crippen molar-refractivity contribution in [3.8, 4) is 5.75 Å². The predicted molar refractivity (Wildman–Crippen MR) is 113 cm³/mol. The van der Waals surface area contributed by atoms with Crippen molar-refractivity contribution in [3.63, 3.8) is 0 Å². The van der Waals surface area contributed by atoms with Crippen LogP contribution in [0.5, 0.6) is 5.75 Å². The summed E-state index contributed by atoms with van der Waals surface area (Å²) in [6.45, 7) is 2.41. The molecule has 0 saturated heterocycles. The summed E-state index contributed by atoms with van der Waals surface area (Å²) < 4.78 is 31.8. The number of hydrogen-bond acceptors (Lipinski definition) is 7. The molecule has 3 aromatic rings. The number of aromatic nitrogens is 1. The molecule has 0 unspecified atom stereocenters. The van der Waals surface area contributed by atoms with Crippen molar-refractivity contribution in [2.75, 3.05) is 6.61 Å². The first-order valence-electron chi connectivity index (χ1n) is 9.49. The third-order valence-corrected chi connectivity index (χ3v) is 6.53. The third kappa shape index (κ3) is 5.00. The third-order valence-electron chi connectivity index (χ3n) is 4.41. The fourth-order valence-corrected chi connectivity index (χ4v) is 4.91. The van der Waals surface area contributed by atoms with E-state index in [4.69, 9.17) is 14.2 Å². The van der Waals surface area contributed by atoms with Crippen LogP contribution in [0.1, 0.15) is 35.6 Å². The summed E-state index contributed by atoms with van der Waals surface area (Å²) in [5.41, 5.74) is 3.03. The van der Waals surface area contributed by atoms with Gasteiger partial charge in [0, 0.05) is 27.8 Å². The van der Waals surface area contributed by atoms with Crippen LogP contribution < -0.4 is 4.74 Å². The number of halogens is 1. The highest BCUT2D eigenvalue weighted by Gasteiger charge is 2.25. The Morgan fingerprint density at radius 3 is 2.97 bits per heavy atom. The molecule has 1 atom stereocenters. The Labute approximate surface area is 182 Å². The van der Waals surface area contributed by atoms with Crippen molar-refractivity contribution < 1.29 is 23.4 Å². The van der Waals surface area contributed by atoms with Gasteiger partial charge in [-0.15, -0.1) is 11.3 Å². The minimum Gasteiger partial charge on any atom is -0.466 e. The number of carbonyl (C=O) groups excluding carboxylic acids is 1. The van der Waals surface area contributed by atoms with Crippen LogP contribution in [0.15, 0.2) is 52.2 Å². The number of thioether (sulfide) groups is 1. The van der Waals surface area contributed by atoms with Gasteiger partial charge in [0.1, 0.15) is 15.9 Å². The van der Waals surface area contributed by atoms with E-state index in [-0.39, 0.29) is 24.8 Å². The van der Waals surface area contributed by atoms with Crippen LogP contribution in [0.4, 0.5) is 4.39 Å². The van der Waals surface area contributed by atoms with E-state index >= 15 is 0 Å². The average Bonchev–Trinajstić information content (AvgIpc) is 3.19. The fourth-order valence-electron chi connectivity index (χ4n) is 3.09. The lowest BCUT2D eigenvalue weighted by molar-refractivity contribution is -0.142. The van der Waals surface area contributed by atoms with E-state index in [9.17, 15) is 9.18 Å². The average molecular weight is 446 g/mol. The SMILES string of the molecule is CCOC(=O)Cc1csc(SCc2cc(F)cc3c2O[C@@H](c2ccccc2)OC3)n1. The van der Waals surface area contributed by atoms with Gasteiger partial charge in [0.25, 0.3) is 0 Å². The molecule has 5 nitrogen and oxygen atoms in total. The van der Waals surface area contributed by atoms with Crippen molar-refractivity contribution in [1.29, 1.82) is 0 Å². The predicted octanol–water partition coefficient (Wildman–Crippen LogP) is 5.29. The quantitative estimate of drug-likeness (QED) is 0.364. The highest BCUT2D eigenvalue weighted by molar-refractivity contribution is 8.00. The maximum absolute atomic E-state index is 14.1. The van der Waals surface area contributed by atoms with Crippen LogP contribution in [0, 0.1) is 5.82 Å². The molecule has 0 bridgehead atoms. The minimum atomic E-state index is -0.524. The summed E-state index contributed by atoms with van der Waals surface area (Å²) in [6.07, 6.45) is -0.372. The first kappa shape index (κ1) is 20.8. The highest BCUT2D eigenvalue weighted by Crippen LogP contribution is 2.39. The van der Waals surface area contributed by atoms with Gasteiger partial charge in [-0.3, -0.25) is 4.79 Å². The summed E-state index contributed by atoms with van der Waals surface area (Å²) in [7, 11) is 0. The number of benzene rings is 2. The normalized spacial score (nSPS) is 15.3. The summed E-state index contributed by atoms with van der Waals surface area (Å²) >= 11 is 2.93. The Bertz CT molecular complexity index is 1030. The molecule has 0 N–H and O–H groups in total. The topological polar surface area (TPSA) is 57.7 Å². The van der Waals surface area contributed by atoms with Crippen LogP contribution >= 0.6 is 23.1 Å². The molecule has 8 heteroatoms. The molecule has 2 heterocycles. The molecular formula is C22H20FNO4S2. The number of esters is 1. The molecule has 0 radical (unpaired) electrons. The molecule has 0 fully saturated rings. The van der Waals surface area contributed by atoms with Gasteiger partial charge in [0.15, 0.2) is 0 Å². The first-order chi connectivity index (χ1) is 14.6. The van der Waals surface area contributed by atoms with E-state index < -0.39 is 6.29 Å². The van der Waals surface area contributed by atoms with E-state index in [0.717, 1.165) is 15.5 Å². The highest BCUT2D eigenvalue weighted by atomic mass is 32.2. The van der Waals surface area contributed by atoms with Crippen LogP contribution in [0.2, 0.25) is 0 Å². The molecule has 156 valence electrons. The van der Waals surface area contributed by atoms with Gasteiger partial charge < -0.3 is 14.2 Å². The summed E-state index contributed by atoms with van der Waals surface area (Å²) in [5.74, 6) is 0.539. The lowest BCUT2D eigenvalue weighted by Crippen LogP contribution is -2.19. The Balaban J connectivity index is 1.47. The van der Waals surface area contributed by atoms with Crippen molar-refractivity contribution in [1.82, 2.24) is 4.98 Å². The molecule has 1 aliphatic heterocycles. The van der Waals surface area contributed by atoms with Crippen LogP contribution in [0.25, 0.3) is 0 Å². The van der Waals surface area contributed by atoms with E-state index in [1.165, 1.54) is 35.2 Å². The number of thiazole rings is 1. The minimum absolute atomic E-state index is 0.152. The molecule has 0 spiro atoms. The van der Waals surface area contributed by atoms with Gasteiger partial charge in [-0.2, -0.15) is 0 Å². The van der Waals surface area contributed by atoms with Crippen LogP contribution in [-0.2, 0) is 33.0 Å². The number of carbonyl (C=O) groups is 1. The van der Waals surface area contributed by atoms with Crippen molar-refractivity contribution in [3.05, 3.63) is 76.0 Å². The molecule has 0 amide bonds. The number of ether oxygens (including phenoxy) is 3. The van der Waals surface area contributed by atoms with E-state index in [0.29, 0.717) is 29.4 Å². The van der Waals surface area contributed by atoms with Crippen molar-refractivity contribution >= 4 is 29.1 Å². The number of fused-ring (bicyclic) bond motifs is 1. The zero-order valence-electron chi connectivity index (χ0n) is 16.3. The second-order valence-corrected chi connectivity index (χ2v) is 8.68. The molecule has 1 aliphatic rings. The summed E-state index contributed by atoms with van der Waals surface area (Å²) in [6, 6.07) is 12.6. The maximum atomic E-state index is 14.1. The van der Waals surface area contributed by atoms with Crippen molar-refractivity contribution in [2.24, 2.45) is 0 Å². The van der Waals surface area contributed by atoms with Crippen molar-refractivity contribution in [2.45, 2.75) is 36.3 Å². The maximum Gasteiger partial charge on any atom is 0.311 e. The number of rotatable bonds is 7. The van der Waals surface area contributed by atoms with E-state index in [1.54, 1.807) is 6.92 Å². The van der Waals surface area contributed by atoms with Gasteiger partial charge in [-0.1, -0.05) is 42.1 Å². The van der Waals surface area contributed by atoms with Crippen LogP contribution in [-0.4, -0.2) is 17.6 Å². The molecular weight excluding hydrogens is 425 g/mol. The molecule has 0 aliphatic carbocycles. The fraction of sp³-hybridized carbons (Fsp3) is 0.273. The molecule has 4 rings (SSSR count). The summed E-state index contributed by atoms with van der Waals surface area (Å²) in [4.78, 5) is 16.1. The van der Waals surface area contributed by atoms with E-state index in [2.05, 4.69) is 4.98 Å². The Morgan fingerprint density at radius 1 is 1.33 bits per heavy atom. The Hall–Kier alpha value is -2.42. The first-order valence-corrected chi connectivity index (χ1v) is 11.4. The molecule has 0 saturated carbocycles. The van der Waals surface area contributed by atoms with E-state index in [1.807, 2.05) is 35.7 Å². The smallest absolute Gasteiger partial charge is 0.311 e. The monoisotopic (exact) mass is 445 g/mol.